The second-order valence-corrected chi connectivity index (χ2v) is 5.27. The molecule has 2 aromatic heterocycles. The molecule has 0 aliphatic heterocycles. The van der Waals surface area contributed by atoms with E-state index < -0.39 is 0 Å². The molecule has 3 aromatic rings. The Balaban J connectivity index is 1.96. The van der Waals surface area contributed by atoms with Crippen LogP contribution < -0.4 is 15.4 Å². The Morgan fingerprint density at radius 1 is 1.29 bits per heavy atom. The first-order valence-corrected chi connectivity index (χ1v) is 7.74. The van der Waals surface area contributed by atoms with Crippen molar-refractivity contribution in [2.75, 3.05) is 24.3 Å². The number of carbonyl (C=O) groups excluding carboxylic acids is 1. The Labute approximate surface area is 139 Å². The molecule has 0 bridgehead atoms. The van der Waals surface area contributed by atoms with Crippen molar-refractivity contribution in [1.82, 2.24) is 15.0 Å². The number of anilines is 3. The number of aromatic amines is 1. The minimum atomic E-state index is 0.445. The van der Waals surface area contributed by atoms with Crippen LogP contribution in [0.25, 0.3) is 11.0 Å². The van der Waals surface area contributed by atoms with Crippen LogP contribution in [-0.2, 0) is 0 Å². The van der Waals surface area contributed by atoms with Gasteiger partial charge in [0.05, 0.1) is 18.2 Å². The molecule has 124 valence electrons. The summed E-state index contributed by atoms with van der Waals surface area (Å²) in [6, 6.07) is 7.08. The van der Waals surface area contributed by atoms with Crippen LogP contribution in [0.1, 0.15) is 23.7 Å². The largest absolute Gasteiger partial charge is 0.495 e. The number of fused-ring (bicyclic) bond motifs is 1. The number of methoxy groups -OCH3 is 1. The summed E-state index contributed by atoms with van der Waals surface area (Å²) in [6.45, 7) is 2.93. The molecular weight excluding hydrogens is 306 g/mol. The summed E-state index contributed by atoms with van der Waals surface area (Å²) in [4.78, 5) is 23.0. The summed E-state index contributed by atoms with van der Waals surface area (Å²) in [5.41, 5.74) is 1.98. The average molecular weight is 325 g/mol. The molecule has 0 spiro atoms. The lowest BCUT2D eigenvalue weighted by molar-refractivity contribution is 0.112. The molecule has 7 heteroatoms. The number of hydrogen-bond acceptors (Lipinski definition) is 6. The van der Waals surface area contributed by atoms with Crippen LogP contribution in [0.2, 0.25) is 0 Å². The molecule has 3 rings (SSSR count). The van der Waals surface area contributed by atoms with E-state index in [9.17, 15) is 4.79 Å². The van der Waals surface area contributed by atoms with Gasteiger partial charge in [0.2, 0.25) is 5.95 Å². The summed E-state index contributed by atoms with van der Waals surface area (Å²) >= 11 is 0. The zero-order valence-corrected chi connectivity index (χ0v) is 13.6. The number of rotatable bonds is 7. The SMILES string of the molecule is CCCNc1nc(Nc2ccc(C=O)cc2OC)nc2[nH]ccc12. The Morgan fingerprint density at radius 2 is 2.17 bits per heavy atom. The summed E-state index contributed by atoms with van der Waals surface area (Å²) in [5.74, 6) is 1.77. The van der Waals surface area contributed by atoms with E-state index in [1.165, 1.54) is 0 Å². The van der Waals surface area contributed by atoms with E-state index in [1.54, 1.807) is 25.3 Å². The van der Waals surface area contributed by atoms with Crippen LogP contribution in [0.15, 0.2) is 30.5 Å². The van der Waals surface area contributed by atoms with Crippen molar-refractivity contribution < 1.29 is 9.53 Å². The van der Waals surface area contributed by atoms with Gasteiger partial charge in [0, 0.05) is 18.3 Å². The van der Waals surface area contributed by atoms with Crippen molar-refractivity contribution >= 4 is 34.8 Å². The van der Waals surface area contributed by atoms with Crippen LogP contribution >= 0.6 is 0 Å². The first-order valence-electron chi connectivity index (χ1n) is 7.74. The van der Waals surface area contributed by atoms with Gasteiger partial charge >= 0.3 is 0 Å². The van der Waals surface area contributed by atoms with Crippen LogP contribution in [0.5, 0.6) is 5.75 Å². The average Bonchev–Trinajstić information content (AvgIpc) is 3.08. The second kappa shape index (κ2) is 6.99. The normalized spacial score (nSPS) is 10.6. The quantitative estimate of drug-likeness (QED) is 0.577. The van der Waals surface area contributed by atoms with Gasteiger partial charge in [-0.05, 0) is 30.7 Å². The number of hydrogen-bond donors (Lipinski definition) is 3. The lowest BCUT2D eigenvalue weighted by Crippen LogP contribution is -2.06. The molecule has 0 unspecified atom stereocenters. The molecule has 1 aromatic carbocycles. The lowest BCUT2D eigenvalue weighted by Gasteiger charge is -2.12. The molecule has 7 nitrogen and oxygen atoms in total. The third kappa shape index (κ3) is 3.15. The molecule has 2 heterocycles. The molecule has 0 saturated heterocycles. The first-order chi connectivity index (χ1) is 11.7. The number of H-pyrrole nitrogens is 1. The maximum Gasteiger partial charge on any atom is 0.231 e. The molecule has 0 radical (unpaired) electrons. The number of ether oxygens (including phenoxy) is 1. The number of benzene rings is 1. The summed E-state index contributed by atoms with van der Waals surface area (Å²) in [7, 11) is 1.55. The summed E-state index contributed by atoms with van der Waals surface area (Å²) in [6.07, 6.45) is 3.61. The maximum absolute atomic E-state index is 10.9. The van der Waals surface area contributed by atoms with Gasteiger partial charge in [-0.1, -0.05) is 6.92 Å². The van der Waals surface area contributed by atoms with Crippen LogP contribution in [0.4, 0.5) is 17.5 Å². The van der Waals surface area contributed by atoms with Gasteiger partial charge in [0.15, 0.2) is 0 Å². The molecule has 0 amide bonds. The highest BCUT2D eigenvalue weighted by atomic mass is 16.5. The Morgan fingerprint density at radius 3 is 2.92 bits per heavy atom. The molecular formula is C17H19N5O2. The van der Waals surface area contributed by atoms with Crippen LogP contribution in [0, 0.1) is 0 Å². The van der Waals surface area contributed by atoms with Crippen LogP contribution in [-0.4, -0.2) is 34.9 Å². The smallest absolute Gasteiger partial charge is 0.231 e. The maximum atomic E-state index is 10.9. The van der Waals surface area contributed by atoms with Gasteiger partial charge in [0.25, 0.3) is 0 Å². The highest BCUT2D eigenvalue weighted by Gasteiger charge is 2.11. The fraction of sp³-hybridized carbons (Fsp3) is 0.235. The van der Waals surface area contributed by atoms with E-state index in [1.807, 2.05) is 12.3 Å². The zero-order valence-electron chi connectivity index (χ0n) is 13.6. The number of carbonyl (C=O) groups is 1. The highest BCUT2D eigenvalue weighted by molar-refractivity contribution is 5.88. The molecule has 0 saturated carbocycles. The topological polar surface area (TPSA) is 91.9 Å². The van der Waals surface area contributed by atoms with Gasteiger partial charge < -0.3 is 20.4 Å². The van der Waals surface area contributed by atoms with Crippen molar-refractivity contribution in [2.24, 2.45) is 0 Å². The van der Waals surface area contributed by atoms with Crippen molar-refractivity contribution in [3.63, 3.8) is 0 Å². The fourth-order valence-electron chi connectivity index (χ4n) is 2.38. The third-order valence-corrected chi connectivity index (χ3v) is 3.57. The van der Waals surface area contributed by atoms with Gasteiger partial charge in [-0.25, -0.2) is 0 Å². The molecule has 0 atom stereocenters. The predicted octanol–water partition coefficient (Wildman–Crippen LogP) is 3.34. The number of nitrogens with one attached hydrogen (secondary N) is 3. The first kappa shape index (κ1) is 15.8. The highest BCUT2D eigenvalue weighted by Crippen LogP contribution is 2.29. The second-order valence-electron chi connectivity index (χ2n) is 5.27. The zero-order chi connectivity index (χ0) is 16.9. The Bertz CT molecular complexity index is 859. The standard InChI is InChI=1S/C17H19N5O2/c1-3-7-18-15-12-6-8-19-16(12)22-17(21-15)20-13-5-4-11(10-23)9-14(13)24-2/h4-6,8-10H,3,7H2,1-2H3,(H3,18,19,20,21,22). The van der Waals surface area contributed by atoms with Crippen molar-refractivity contribution in [3.05, 3.63) is 36.0 Å². The Kier molecular flexibility index (Phi) is 4.60. The van der Waals surface area contributed by atoms with Gasteiger partial charge in [-0.3, -0.25) is 4.79 Å². The summed E-state index contributed by atoms with van der Waals surface area (Å²) in [5, 5.41) is 7.40. The van der Waals surface area contributed by atoms with Crippen molar-refractivity contribution in [3.8, 4) is 5.75 Å². The minimum absolute atomic E-state index is 0.445. The third-order valence-electron chi connectivity index (χ3n) is 3.57. The van der Waals surface area contributed by atoms with E-state index in [4.69, 9.17) is 4.74 Å². The van der Waals surface area contributed by atoms with E-state index in [0.717, 1.165) is 36.1 Å². The van der Waals surface area contributed by atoms with E-state index in [0.29, 0.717) is 22.9 Å². The number of aromatic nitrogens is 3. The van der Waals surface area contributed by atoms with E-state index in [-0.39, 0.29) is 0 Å². The fourth-order valence-corrected chi connectivity index (χ4v) is 2.38. The monoisotopic (exact) mass is 325 g/mol. The minimum Gasteiger partial charge on any atom is -0.495 e. The lowest BCUT2D eigenvalue weighted by atomic mass is 10.2. The van der Waals surface area contributed by atoms with E-state index >= 15 is 0 Å². The van der Waals surface area contributed by atoms with Crippen molar-refractivity contribution in [2.45, 2.75) is 13.3 Å². The molecule has 0 aliphatic carbocycles. The molecule has 3 N–H and O–H groups in total. The van der Waals surface area contributed by atoms with Crippen molar-refractivity contribution in [1.29, 1.82) is 0 Å². The number of nitrogens with zero attached hydrogens (tertiary/aromatic N) is 2. The molecule has 24 heavy (non-hydrogen) atoms. The van der Waals surface area contributed by atoms with Gasteiger partial charge in [0.1, 0.15) is 23.5 Å². The Hall–Kier alpha value is -3.09. The van der Waals surface area contributed by atoms with Gasteiger partial charge in [-0.15, -0.1) is 0 Å². The predicted molar refractivity (Wildman–Crippen MR) is 94.3 cm³/mol. The van der Waals surface area contributed by atoms with Gasteiger partial charge in [-0.2, -0.15) is 9.97 Å². The molecule has 0 aliphatic rings. The summed E-state index contributed by atoms with van der Waals surface area (Å²) < 4.78 is 5.33. The number of aldehydes is 1. The molecule has 0 fully saturated rings. The van der Waals surface area contributed by atoms with E-state index in [2.05, 4.69) is 32.5 Å². The van der Waals surface area contributed by atoms with Crippen LogP contribution in [0.3, 0.4) is 0 Å².